The molecule has 1 aromatic heterocycles. The lowest BCUT2D eigenvalue weighted by molar-refractivity contribution is 0.712. The van der Waals surface area contributed by atoms with Crippen LogP contribution in [0, 0.1) is 0 Å². The zero-order valence-corrected chi connectivity index (χ0v) is 10.5. The summed E-state index contributed by atoms with van der Waals surface area (Å²) in [6.45, 7) is 3.80. The van der Waals surface area contributed by atoms with E-state index >= 15 is 0 Å². The van der Waals surface area contributed by atoms with Crippen LogP contribution >= 0.6 is 0 Å². The van der Waals surface area contributed by atoms with Crippen molar-refractivity contribution < 1.29 is 0 Å². The normalized spacial score (nSPS) is 17.6. The first kappa shape index (κ1) is 11.0. The molecule has 2 nitrogen and oxygen atoms in total. The summed E-state index contributed by atoms with van der Waals surface area (Å²) in [5.41, 5.74) is 5.07. The molecule has 0 saturated carbocycles. The average Bonchev–Trinajstić information content (AvgIpc) is 2.77. The molecule has 0 bridgehead atoms. The largest absolute Gasteiger partial charge is 0.367 e. The highest BCUT2D eigenvalue weighted by Gasteiger charge is 2.27. The van der Waals surface area contributed by atoms with Gasteiger partial charge in [0.05, 0.1) is 6.04 Å². The number of hydrogen-bond acceptors (Lipinski definition) is 2. The fraction of sp³-hybridized carbons (Fsp3) is 0.188. The van der Waals surface area contributed by atoms with E-state index in [0.717, 1.165) is 12.0 Å². The molecule has 18 heavy (non-hydrogen) atoms. The molecule has 1 aliphatic heterocycles. The van der Waals surface area contributed by atoms with Gasteiger partial charge in [-0.1, -0.05) is 30.9 Å². The fourth-order valence-electron chi connectivity index (χ4n) is 2.65. The minimum Gasteiger partial charge on any atom is -0.367 e. The van der Waals surface area contributed by atoms with Gasteiger partial charge in [0.15, 0.2) is 0 Å². The Morgan fingerprint density at radius 1 is 1.33 bits per heavy atom. The van der Waals surface area contributed by atoms with E-state index in [2.05, 4.69) is 53.8 Å². The van der Waals surface area contributed by atoms with Gasteiger partial charge in [0.1, 0.15) is 0 Å². The number of likely N-dealkylation sites (N-methyl/N-ethyl adjacent to an activating group) is 1. The summed E-state index contributed by atoms with van der Waals surface area (Å²) in [5, 5.41) is 0. The molecule has 2 aromatic rings. The first-order valence-corrected chi connectivity index (χ1v) is 6.17. The number of hydrogen-bond donors (Lipinski definition) is 0. The number of rotatable bonds is 2. The number of nitrogens with zero attached hydrogens (tertiary/aromatic N) is 2. The van der Waals surface area contributed by atoms with Crippen molar-refractivity contribution in [2.45, 2.75) is 12.5 Å². The third-order valence-corrected chi connectivity index (χ3v) is 3.65. The molecule has 0 N–H and O–H groups in total. The Kier molecular flexibility index (Phi) is 2.63. The molecule has 1 unspecified atom stereocenters. The molecule has 1 aromatic carbocycles. The standard InChI is InChI=1S/C16H16N2/c1-3-12-8-14(11-17-10-12)16-9-13-6-4-5-7-15(13)18(16)2/h3-8,10-11,16H,1,9H2,2H3. The summed E-state index contributed by atoms with van der Waals surface area (Å²) in [4.78, 5) is 6.63. The molecule has 1 atom stereocenters. The third kappa shape index (κ3) is 1.70. The Hall–Kier alpha value is -2.09. The Morgan fingerprint density at radius 2 is 2.17 bits per heavy atom. The van der Waals surface area contributed by atoms with E-state index in [1.165, 1.54) is 16.8 Å². The number of pyridine rings is 1. The van der Waals surface area contributed by atoms with Gasteiger partial charge in [0, 0.05) is 25.1 Å². The maximum atomic E-state index is 4.30. The van der Waals surface area contributed by atoms with E-state index in [-0.39, 0.29) is 0 Å². The van der Waals surface area contributed by atoms with E-state index in [4.69, 9.17) is 0 Å². The van der Waals surface area contributed by atoms with Crippen LogP contribution in [0.25, 0.3) is 6.08 Å². The number of benzene rings is 1. The second-order valence-electron chi connectivity index (χ2n) is 4.72. The zero-order valence-electron chi connectivity index (χ0n) is 10.5. The summed E-state index contributed by atoms with van der Waals surface area (Å²) in [5.74, 6) is 0. The molecule has 1 aliphatic rings. The monoisotopic (exact) mass is 236 g/mol. The van der Waals surface area contributed by atoms with Crippen molar-refractivity contribution in [1.82, 2.24) is 4.98 Å². The van der Waals surface area contributed by atoms with Crippen LogP contribution in [0.4, 0.5) is 5.69 Å². The molecular weight excluding hydrogens is 220 g/mol. The van der Waals surface area contributed by atoms with Gasteiger partial charge in [-0.25, -0.2) is 0 Å². The van der Waals surface area contributed by atoms with Gasteiger partial charge in [-0.2, -0.15) is 0 Å². The molecule has 0 spiro atoms. The van der Waals surface area contributed by atoms with Crippen molar-refractivity contribution in [1.29, 1.82) is 0 Å². The smallest absolute Gasteiger partial charge is 0.0595 e. The van der Waals surface area contributed by atoms with Gasteiger partial charge in [0.2, 0.25) is 0 Å². The predicted octanol–water partition coefficient (Wildman–Crippen LogP) is 3.46. The highest BCUT2D eigenvalue weighted by Crippen LogP contribution is 2.38. The highest BCUT2D eigenvalue weighted by molar-refractivity contribution is 5.60. The summed E-state index contributed by atoms with van der Waals surface area (Å²) in [6, 6.07) is 11.1. The summed E-state index contributed by atoms with van der Waals surface area (Å²) in [6.07, 6.45) is 6.70. The average molecular weight is 236 g/mol. The van der Waals surface area contributed by atoms with Gasteiger partial charge in [-0.05, 0) is 35.2 Å². The quantitative estimate of drug-likeness (QED) is 0.793. The highest BCUT2D eigenvalue weighted by atomic mass is 15.2. The predicted molar refractivity (Wildman–Crippen MR) is 75.6 cm³/mol. The summed E-state index contributed by atoms with van der Waals surface area (Å²) >= 11 is 0. The molecular formula is C16H16N2. The third-order valence-electron chi connectivity index (χ3n) is 3.65. The van der Waals surface area contributed by atoms with Crippen LogP contribution < -0.4 is 4.90 Å². The lowest BCUT2D eigenvalue weighted by Crippen LogP contribution is -2.19. The Labute approximate surface area is 108 Å². The molecule has 2 heteroatoms. The zero-order chi connectivity index (χ0) is 12.5. The Balaban J connectivity index is 1.98. The molecule has 0 radical (unpaired) electrons. The molecule has 2 heterocycles. The number of aromatic nitrogens is 1. The minimum absolute atomic E-state index is 0.384. The van der Waals surface area contributed by atoms with Crippen molar-refractivity contribution in [2.75, 3.05) is 11.9 Å². The second-order valence-corrected chi connectivity index (χ2v) is 4.72. The maximum Gasteiger partial charge on any atom is 0.0595 e. The Bertz CT molecular complexity index is 589. The van der Waals surface area contributed by atoms with Crippen LogP contribution in [0.15, 0.2) is 49.3 Å². The topological polar surface area (TPSA) is 16.1 Å². The molecule has 0 amide bonds. The van der Waals surface area contributed by atoms with Crippen LogP contribution in [-0.4, -0.2) is 12.0 Å². The van der Waals surface area contributed by atoms with Crippen LogP contribution in [-0.2, 0) is 6.42 Å². The van der Waals surface area contributed by atoms with Gasteiger partial charge in [0.25, 0.3) is 0 Å². The summed E-state index contributed by atoms with van der Waals surface area (Å²) in [7, 11) is 2.15. The molecule has 3 rings (SSSR count). The SMILES string of the molecule is C=Cc1cncc(C2Cc3ccccc3N2C)c1. The van der Waals surface area contributed by atoms with Crippen molar-refractivity contribution >= 4 is 11.8 Å². The molecule has 0 aliphatic carbocycles. The fourth-order valence-corrected chi connectivity index (χ4v) is 2.65. The molecule has 90 valence electrons. The number of anilines is 1. The van der Waals surface area contributed by atoms with E-state index in [9.17, 15) is 0 Å². The van der Waals surface area contributed by atoms with E-state index in [0.29, 0.717) is 6.04 Å². The maximum absolute atomic E-state index is 4.30. The van der Waals surface area contributed by atoms with Crippen LogP contribution in [0.1, 0.15) is 22.7 Å². The van der Waals surface area contributed by atoms with E-state index < -0.39 is 0 Å². The first-order chi connectivity index (χ1) is 8.79. The summed E-state index contributed by atoms with van der Waals surface area (Å²) < 4.78 is 0. The molecule has 0 fully saturated rings. The lowest BCUT2D eigenvalue weighted by Gasteiger charge is -2.22. The van der Waals surface area contributed by atoms with Gasteiger partial charge in [-0.15, -0.1) is 0 Å². The van der Waals surface area contributed by atoms with Crippen molar-refractivity contribution in [3.05, 3.63) is 66.0 Å². The van der Waals surface area contributed by atoms with Crippen molar-refractivity contribution in [3.8, 4) is 0 Å². The van der Waals surface area contributed by atoms with Crippen LogP contribution in [0.5, 0.6) is 0 Å². The second kappa shape index (κ2) is 4.30. The van der Waals surface area contributed by atoms with Crippen molar-refractivity contribution in [2.24, 2.45) is 0 Å². The van der Waals surface area contributed by atoms with Crippen LogP contribution in [0.3, 0.4) is 0 Å². The van der Waals surface area contributed by atoms with Gasteiger partial charge < -0.3 is 4.90 Å². The minimum atomic E-state index is 0.384. The number of fused-ring (bicyclic) bond motifs is 1. The first-order valence-electron chi connectivity index (χ1n) is 6.17. The molecule has 0 saturated heterocycles. The number of para-hydroxylation sites is 1. The van der Waals surface area contributed by atoms with Gasteiger partial charge >= 0.3 is 0 Å². The van der Waals surface area contributed by atoms with Gasteiger partial charge in [-0.3, -0.25) is 4.98 Å². The van der Waals surface area contributed by atoms with E-state index in [1.54, 1.807) is 0 Å². The lowest BCUT2D eigenvalue weighted by atomic mass is 10.0. The van der Waals surface area contributed by atoms with Crippen molar-refractivity contribution in [3.63, 3.8) is 0 Å². The van der Waals surface area contributed by atoms with E-state index in [1.807, 2.05) is 18.5 Å². The van der Waals surface area contributed by atoms with Crippen LogP contribution in [0.2, 0.25) is 0 Å². The Morgan fingerprint density at radius 3 is 2.94 bits per heavy atom.